The third-order valence-corrected chi connectivity index (χ3v) is 6.13. The highest BCUT2D eigenvalue weighted by molar-refractivity contribution is 14.1. The first-order chi connectivity index (χ1) is 14.1. The van der Waals surface area contributed by atoms with Crippen LogP contribution in [0.3, 0.4) is 0 Å². The predicted molar refractivity (Wildman–Crippen MR) is 120 cm³/mol. The monoisotopic (exact) mass is 546 g/mol. The Kier molecular flexibility index (Phi) is 6.49. The molecule has 0 saturated carbocycles. The molecule has 0 amide bonds. The first-order valence-electron chi connectivity index (χ1n) is 8.84. The summed E-state index contributed by atoms with van der Waals surface area (Å²) in [5.41, 5.74) is 6.44. The molecule has 0 unspecified atom stereocenters. The van der Waals surface area contributed by atoms with E-state index in [2.05, 4.69) is 10.3 Å². The number of nitrogens with two attached hydrogens (primary N) is 1. The first kappa shape index (κ1) is 20.7. The second-order valence-corrected chi connectivity index (χ2v) is 8.29. The maximum Gasteiger partial charge on any atom is 0.204 e. The lowest BCUT2D eigenvalue weighted by Gasteiger charge is -2.24. The van der Waals surface area contributed by atoms with Crippen LogP contribution >= 0.6 is 47.0 Å². The molecular weight excluding hydrogens is 527 g/mol. The molecule has 29 heavy (non-hydrogen) atoms. The fourth-order valence-electron chi connectivity index (χ4n) is 3.13. The maximum atomic E-state index is 6.02. The van der Waals surface area contributed by atoms with Crippen LogP contribution in [-0.4, -0.2) is 36.4 Å². The first-order valence-corrected chi connectivity index (χ1v) is 10.9. The summed E-state index contributed by atoms with van der Waals surface area (Å²) >= 11 is 8.97. The van der Waals surface area contributed by atoms with Crippen LogP contribution in [-0.2, 0) is 12.5 Å². The van der Waals surface area contributed by atoms with E-state index in [4.69, 9.17) is 35.2 Å². The SMILES string of the molecule is COC1=C(COI)O[C@@H](n2cc3c(nc2=S)Nc2c(OCCN)cccc2S3)C1. The van der Waals surface area contributed by atoms with E-state index in [0.717, 1.165) is 27.0 Å². The quantitative estimate of drug-likeness (QED) is 0.333. The van der Waals surface area contributed by atoms with Gasteiger partial charge in [0.15, 0.2) is 12.0 Å². The minimum absolute atomic E-state index is 0.321. The zero-order valence-electron chi connectivity index (χ0n) is 15.5. The third-order valence-electron chi connectivity index (χ3n) is 4.44. The van der Waals surface area contributed by atoms with Crippen molar-refractivity contribution in [1.82, 2.24) is 9.55 Å². The van der Waals surface area contributed by atoms with Gasteiger partial charge < -0.3 is 28.3 Å². The summed E-state index contributed by atoms with van der Waals surface area (Å²) in [4.78, 5) is 6.58. The summed E-state index contributed by atoms with van der Waals surface area (Å²) in [6.45, 7) is 1.23. The highest BCUT2D eigenvalue weighted by Crippen LogP contribution is 2.47. The van der Waals surface area contributed by atoms with E-state index in [1.165, 1.54) is 0 Å². The smallest absolute Gasteiger partial charge is 0.204 e. The van der Waals surface area contributed by atoms with E-state index >= 15 is 0 Å². The topological polar surface area (TPSA) is 92.8 Å². The number of para-hydroxylation sites is 1. The second-order valence-electron chi connectivity index (χ2n) is 6.22. The van der Waals surface area contributed by atoms with Crippen LogP contribution in [0.2, 0.25) is 0 Å². The zero-order valence-corrected chi connectivity index (χ0v) is 19.3. The van der Waals surface area contributed by atoms with Crippen molar-refractivity contribution in [1.29, 1.82) is 0 Å². The van der Waals surface area contributed by atoms with Gasteiger partial charge in [0.25, 0.3) is 0 Å². The zero-order chi connectivity index (χ0) is 20.4. The molecule has 4 rings (SSSR count). The lowest BCUT2D eigenvalue weighted by molar-refractivity contribution is 0.0678. The second kappa shape index (κ2) is 9.08. The standard InChI is InChI=1S/C18H19IN4O4S2/c1-24-11-7-15(27-12(11)9-26-19)23-8-14-17(22-18(23)28)21-16-10(25-6-5-20)3-2-4-13(16)29-14/h2-4,8,15H,5-7,9,20H2,1H3,(H,21,22,28)/t15-/m1/s1. The van der Waals surface area contributed by atoms with Gasteiger partial charge in [0, 0.05) is 17.6 Å². The Morgan fingerprint density at radius 3 is 3.07 bits per heavy atom. The average molecular weight is 546 g/mol. The molecule has 3 N–H and O–H groups in total. The number of aromatic nitrogens is 2. The number of anilines is 2. The highest BCUT2D eigenvalue weighted by atomic mass is 127. The molecule has 0 radical (unpaired) electrons. The summed E-state index contributed by atoms with van der Waals surface area (Å²) in [5.74, 6) is 2.86. The Morgan fingerprint density at radius 2 is 2.31 bits per heavy atom. The molecule has 0 spiro atoms. The van der Waals surface area contributed by atoms with Gasteiger partial charge in [-0.1, -0.05) is 17.8 Å². The molecule has 154 valence electrons. The minimum Gasteiger partial charge on any atom is -0.497 e. The van der Waals surface area contributed by atoms with Crippen LogP contribution in [0, 0.1) is 4.77 Å². The van der Waals surface area contributed by atoms with E-state index in [1.54, 1.807) is 18.9 Å². The molecule has 2 aromatic rings. The largest absolute Gasteiger partial charge is 0.497 e. The number of nitrogens with one attached hydrogen (secondary N) is 1. The Balaban J connectivity index is 1.61. The van der Waals surface area contributed by atoms with E-state index < -0.39 is 0 Å². The Hall–Kier alpha value is -1.54. The summed E-state index contributed by atoms with van der Waals surface area (Å²) < 4.78 is 24.6. The van der Waals surface area contributed by atoms with Crippen molar-refractivity contribution in [2.75, 3.05) is 32.2 Å². The van der Waals surface area contributed by atoms with E-state index in [0.29, 0.717) is 42.5 Å². The number of ether oxygens (including phenoxy) is 3. The molecule has 2 aliphatic heterocycles. The summed E-state index contributed by atoms with van der Waals surface area (Å²) in [7, 11) is 1.62. The summed E-state index contributed by atoms with van der Waals surface area (Å²) in [5, 5.41) is 3.35. The Bertz CT molecular complexity index is 1010. The maximum absolute atomic E-state index is 6.02. The van der Waals surface area contributed by atoms with Crippen molar-refractivity contribution >= 4 is 58.5 Å². The van der Waals surface area contributed by atoms with Crippen LogP contribution in [0.4, 0.5) is 11.5 Å². The predicted octanol–water partition coefficient (Wildman–Crippen LogP) is 4.30. The van der Waals surface area contributed by atoms with Crippen molar-refractivity contribution < 1.29 is 17.3 Å². The van der Waals surface area contributed by atoms with E-state index in [1.807, 2.05) is 52.0 Å². The van der Waals surface area contributed by atoms with Crippen molar-refractivity contribution in [2.24, 2.45) is 5.73 Å². The minimum atomic E-state index is -0.321. The normalized spacial score (nSPS) is 17.3. The van der Waals surface area contributed by atoms with Gasteiger partial charge in [-0.2, -0.15) is 0 Å². The van der Waals surface area contributed by atoms with Crippen molar-refractivity contribution in [3.8, 4) is 5.75 Å². The Labute approximate surface area is 191 Å². The van der Waals surface area contributed by atoms with Crippen LogP contribution in [0.5, 0.6) is 5.75 Å². The number of fused-ring (bicyclic) bond motifs is 2. The molecule has 3 heterocycles. The molecular formula is C18H19IN4O4S2. The van der Waals surface area contributed by atoms with Crippen molar-refractivity contribution in [3.05, 3.63) is 40.7 Å². The fraction of sp³-hybridized carbons (Fsp3) is 0.333. The number of halogens is 1. The lowest BCUT2D eigenvalue weighted by atomic mass is 10.2. The molecule has 1 aromatic heterocycles. The Morgan fingerprint density at radius 1 is 1.45 bits per heavy atom. The molecule has 1 aromatic carbocycles. The number of nitrogens with zero attached hydrogens (tertiary/aromatic N) is 2. The summed E-state index contributed by atoms with van der Waals surface area (Å²) in [6.07, 6.45) is 2.20. The molecule has 0 aliphatic carbocycles. The molecule has 0 fully saturated rings. The van der Waals surface area contributed by atoms with Crippen LogP contribution in [0.1, 0.15) is 12.6 Å². The molecule has 2 aliphatic rings. The fourth-order valence-corrected chi connectivity index (χ4v) is 4.67. The molecule has 11 heteroatoms. The average Bonchev–Trinajstić information content (AvgIpc) is 3.13. The van der Waals surface area contributed by atoms with Crippen molar-refractivity contribution in [3.63, 3.8) is 0 Å². The van der Waals surface area contributed by atoms with Crippen LogP contribution < -0.4 is 15.8 Å². The van der Waals surface area contributed by atoms with Gasteiger partial charge in [0.2, 0.25) is 4.77 Å². The van der Waals surface area contributed by atoms with Gasteiger partial charge in [-0.25, -0.2) is 4.98 Å². The van der Waals surface area contributed by atoms with Gasteiger partial charge in [-0.05, 0) is 24.4 Å². The van der Waals surface area contributed by atoms with Crippen LogP contribution in [0.15, 0.2) is 45.7 Å². The van der Waals surface area contributed by atoms with Gasteiger partial charge in [0.1, 0.15) is 53.5 Å². The van der Waals surface area contributed by atoms with Gasteiger partial charge in [0.05, 0.1) is 24.1 Å². The van der Waals surface area contributed by atoms with Crippen LogP contribution in [0.25, 0.3) is 0 Å². The van der Waals surface area contributed by atoms with Gasteiger partial charge in [-0.15, -0.1) is 0 Å². The number of rotatable bonds is 7. The molecule has 0 saturated heterocycles. The molecule has 8 nitrogen and oxygen atoms in total. The van der Waals surface area contributed by atoms with Gasteiger partial charge in [-0.3, -0.25) is 4.57 Å². The number of hydrogen-bond donors (Lipinski definition) is 2. The van der Waals surface area contributed by atoms with E-state index in [9.17, 15) is 0 Å². The number of benzene rings is 1. The van der Waals surface area contributed by atoms with E-state index in [-0.39, 0.29) is 6.23 Å². The number of hydrogen-bond acceptors (Lipinski definition) is 9. The highest BCUT2D eigenvalue weighted by Gasteiger charge is 2.30. The summed E-state index contributed by atoms with van der Waals surface area (Å²) in [6, 6.07) is 5.90. The molecule has 1 atom stereocenters. The number of methoxy groups -OCH3 is 1. The van der Waals surface area contributed by atoms with Crippen molar-refractivity contribution in [2.45, 2.75) is 22.4 Å². The third kappa shape index (κ3) is 4.19. The van der Waals surface area contributed by atoms with Gasteiger partial charge >= 0.3 is 0 Å². The lowest BCUT2D eigenvalue weighted by Crippen LogP contribution is -2.15. The molecule has 0 bridgehead atoms.